The van der Waals surface area contributed by atoms with Gasteiger partial charge in [0.05, 0.1) is 22.8 Å². The van der Waals surface area contributed by atoms with Crippen LogP contribution >= 0.6 is 34.5 Å². The number of carbonyl (C=O) groups is 1. The molecular formula is C14H12Cl2N2O2S. The molecule has 0 unspecified atom stereocenters. The number of ether oxygens (including phenoxy) is 1. The predicted octanol–water partition coefficient (Wildman–Crippen LogP) is 4.59. The molecule has 0 radical (unpaired) electrons. The number of nitrogens with zero attached hydrogens (tertiary/aromatic N) is 1. The number of methoxy groups -OCH3 is 1. The van der Waals surface area contributed by atoms with Gasteiger partial charge in [0.15, 0.2) is 10.9 Å². The monoisotopic (exact) mass is 342 g/mol. The van der Waals surface area contributed by atoms with Crippen molar-refractivity contribution < 1.29 is 9.53 Å². The first-order chi connectivity index (χ1) is 10.1. The fraction of sp³-hybridized carbons (Fsp3) is 0.286. The SMILES string of the molecule is COc1c(Cl)cc(C(=O)Nc2nc(C3CC3)cs2)cc1Cl. The lowest BCUT2D eigenvalue weighted by molar-refractivity contribution is 0.102. The Kier molecular flexibility index (Phi) is 4.06. The van der Waals surface area contributed by atoms with Crippen molar-refractivity contribution in [1.29, 1.82) is 0 Å². The van der Waals surface area contributed by atoms with Crippen molar-refractivity contribution in [3.8, 4) is 5.75 Å². The normalized spacial score (nSPS) is 14.0. The van der Waals surface area contributed by atoms with Gasteiger partial charge in [-0.25, -0.2) is 4.98 Å². The topological polar surface area (TPSA) is 51.2 Å². The summed E-state index contributed by atoms with van der Waals surface area (Å²) in [5.74, 6) is 0.634. The van der Waals surface area contributed by atoms with E-state index in [0.29, 0.717) is 32.4 Å². The van der Waals surface area contributed by atoms with Crippen molar-refractivity contribution in [2.24, 2.45) is 0 Å². The Bertz CT molecular complexity index is 675. The van der Waals surface area contributed by atoms with E-state index in [4.69, 9.17) is 27.9 Å². The van der Waals surface area contributed by atoms with Crippen molar-refractivity contribution in [3.63, 3.8) is 0 Å². The number of benzene rings is 1. The van der Waals surface area contributed by atoms with Crippen LogP contribution in [0.2, 0.25) is 10.0 Å². The molecule has 1 heterocycles. The van der Waals surface area contributed by atoms with Gasteiger partial charge in [-0.05, 0) is 25.0 Å². The van der Waals surface area contributed by atoms with E-state index in [1.807, 2.05) is 5.38 Å². The van der Waals surface area contributed by atoms with Crippen LogP contribution in [-0.4, -0.2) is 18.0 Å². The van der Waals surface area contributed by atoms with Gasteiger partial charge in [-0.1, -0.05) is 23.2 Å². The average molecular weight is 343 g/mol. The lowest BCUT2D eigenvalue weighted by Crippen LogP contribution is -2.12. The van der Waals surface area contributed by atoms with Gasteiger partial charge < -0.3 is 4.74 Å². The van der Waals surface area contributed by atoms with E-state index in [0.717, 1.165) is 5.69 Å². The number of carbonyl (C=O) groups excluding carboxylic acids is 1. The van der Waals surface area contributed by atoms with E-state index in [9.17, 15) is 4.79 Å². The van der Waals surface area contributed by atoms with Crippen LogP contribution in [0.1, 0.15) is 34.8 Å². The summed E-state index contributed by atoms with van der Waals surface area (Å²) < 4.78 is 5.06. The van der Waals surface area contributed by atoms with Crippen molar-refractivity contribution in [2.75, 3.05) is 12.4 Å². The minimum absolute atomic E-state index is 0.293. The van der Waals surface area contributed by atoms with Crippen LogP contribution in [0.4, 0.5) is 5.13 Å². The third kappa shape index (κ3) is 3.15. The fourth-order valence-corrected chi connectivity index (χ4v) is 3.39. The number of hydrogen-bond donors (Lipinski definition) is 1. The molecule has 0 bridgehead atoms. The van der Waals surface area contributed by atoms with E-state index in [2.05, 4.69) is 10.3 Å². The van der Waals surface area contributed by atoms with Gasteiger partial charge in [-0.3, -0.25) is 10.1 Å². The summed E-state index contributed by atoms with van der Waals surface area (Å²) in [6.45, 7) is 0. The summed E-state index contributed by atoms with van der Waals surface area (Å²) in [6.07, 6.45) is 2.36. The molecule has 2 aromatic rings. The highest BCUT2D eigenvalue weighted by atomic mass is 35.5. The van der Waals surface area contributed by atoms with Crippen LogP contribution in [0.25, 0.3) is 0 Å². The number of halogens is 2. The Labute approximate surface area is 136 Å². The Morgan fingerprint density at radius 1 is 1.38 bits per heavy atom. The summed E-state index contributed by atoms with van der Waals surface area (Å²) in [5, 5.41) is 5.94. The molecule has 1 saturated carbocycles. The maximum atomic E-state index is 12.2. The highest BCUT2D eigenvalue weighted by Gasteiger charge is 2.26. The smallest absolute Gasteiger partial charge is 0.257 e. The van der Waals surface area contributed by atoms with E-state index in [1.54, 1.807) is 0 Å². The number of thiazole rings is 1. The molecule has 0 atom stereocenters. The minimum Gasteiger partial charge on any atom is -0.494 e. The molecule has 0 spiro atoms. The van der Waals surface area contributed by atoms with Gasteiger partial charge >= 0.3 is 0 Å². The average Bonchev–Trinajstić information content (AvgIpc) is 3.19. The van der Waals surface area contributed by atoms with Crippen LogP contribution in [0.3, 0.4) is 0 Å². The zero-order valence-corrected chi connectivity index (χ0v) is 13.5. The minimum atomic E-state index is -0.293. The second-order valence-electron chi connectivity index (χ2n) is 4.78. The largest absolute Gasteiger partial charge is 0.494 e. The van der Waals surface area contributed by atoms with Crippen LogP contribution in [0, 0.1) is 0 Å². The zero-order chi connectivity index (χ0) is 15.0. The number of amides is 1. The Morgan fingerprint density at radius 2 is 2.05 bits per heavy atom. The van der Waals surface area contributed by atoms with Crippen LogP contribution < -0.4 is 10.1 Å². The first-order valence-electron chi connectivity index (χ1n) is 6.38. The molecule has 1 N–H and O–H groups in total. The standard InChI is InChI=1S/C14H12Cl2N2O2S/c1-20-12-9(15)4-8(5-10(12)16)13(19)18-14-17-11(6-21-14)7-2-3-7/h4-7H,2-3H2,1H3,(H,17,18,19). The first-order valence-corrected chi connectivity index (χ1v) is 8.02. The number of rotatable bonds is 4. The van der Waals surface area contributed by atoms with Crippen molar-refractivity contribution in [3.05, 3.63) is 38.8 Å². The highest BCUT2D eigenvalue weighted by molar-refractivity contribution is 7.14. The molecule has 3 rings (SSSR count). The molecule has 7 heteroatoms. The third-order valence-corrected chi connectivity index (χ3v) is 4.54. The number of hydrogen-bond acceptors (Lipinski definition) is 4. The Morgan fingerprint density at radius 3 is 2.62 bits per heavy atom. The van der Waals surface area contributed by atoms with E-state index < -0.39 is 0 Å². The molecule has 1 aromatic heterocycles. The third-order valence-electron chi connectivity index (χ3n) is 3.20. The maximum absolute atomic E-state index is 12.2. The van der Waals surface area contributed by atoms with Gasteiger partial charge in [0.2, 0.25) is 0 Å². The second-order valence-corrected chi connectivity index (χ2v) is 6.45. The molecule has 21 heavy (non-hydrogen) atoms. The Hall–Kier alpha value is -1.30. The number of nitrogens with one attached hydrogen (secondary N) is 1. The van der Waals surface area contributed by atoms with Crippen LogP contribution in [-0.2, 0) is 0 Å². The van der Waals surface area contributed by atoms with Gasteiger partial charge in [0.25, 0.3) is 5.91 Å². The summed E-state index contributed by atoms with van der Waals surface area (Å²) in [6, 6.07) is 3.05. The summed E-state index contributed by atoms with van der Waals surface area (Å²) in [5.41, 5.74) is 1.43. The number of aromatic nitrogens is 1. The summed E-state index contributed by atoms with van der Waals surface area (Å²) in [4.78, 5) is 16.6. The van der Waals surface area contributed by atoms with Crippen molar-refractivity contribution >= 4 is 45.6 Å². The molecule has 1 aliphatic carbocycles. The second kappa shape index (κ2) is 5.83. The highest BCUT2D eigenvalue weighted by Crippen LogP contribution is 2.41. The van der Waals surface area contributed by atoms with E-state index in [1.165, 1.54) is 43.4 Å². The molecule has 0 aliphatic heterocycles. The molecule has 1 amide bonds. The quantitative estimate of drug-likeness (QED) is 0.883. The lowest BCUT2D eigenvalue weighted by atomic mass is 10.2. The van der Waals surface area contributed by atoms with Gasteiger partial charge in [-0.15, -0.1) is 11.3 Å². The molecule has 4 nitrogen and oxygen atoms in total. The fourth-order valence-electron chi connectivity index (χ4n) is 1.97. The summed E-state index contributed by atoms with van der Waals surface area (Å²) >= 11 is 13.5. The van der Waals surface area contributed by atoms with Gasteiger partial charge in [0, 0.05) is 16.9 Å². The van der Waals surface area contributed by atoms with Crippen LogP contribution in [0.5, 0.6) is 5.75 Å². The van der Waals surface area contributed by atoms with Crippen molar-refractivity contribution in [1.82, 2.24) is 4.98 Å². The van der Waals surface area contributed by atoms with E-state index >= 15 is 0 Å². The maximum Gasteiger partial charge on any atom is 0.257 e. The molecule has 0 saturated heterocycles. The Balaban J connectivity index is 1.78. The zero-order valence-electron chi connectivity index (χ0n) is 11.2. The first kappa shape index (κ1) is 14.6. The van der Waals surface area contributed by atoms with E-state index in [-0.39, 0.29) is 5.91 Å². The number of anilines is 1. The van der Waals surface area contributed by atoms with Gasteiger partial charge in [-0.2, -0.15) is 0 Å². The molecule has 1 aromatic carbocycles. The molecule has 110 valence electrons. The molecule has 1 aliphatic rings. The molecule has 1 fully saturated rings. The van der Waals surface area contributed by atoms with Gasteiger partial charge in [0.1, 0.15) is 0 Å². The van der Waals surface area contributed by atoms with Crippen molar-refractivity contribution in [2.45, 2.75) is 18.8 Å². The van der Waals surface area contributed by atoms with Crippen LogP contribution in [0.15, 0.2) is 17.5 Å². The predicted molar refractivity (Wildman–Crippen MR) is 85.1 cm³/mol. The summed E-state index contributed by atoms with van der Waals surface area (Å²) in [7, 11) is 1.47. The molecular weight excluding hydrogens is 331 g/mol. The lowest BCUT2D eigenvalue weighted by Gasteiger charge is -2.08.